The van der Waals surface area contributed by atoms with Gasteiger partial charge >= 0.3 is 6.03 Å². The van der Waals surface area contributed by atoms with E-state index in [1.54, 1.807) is 24.3 Å². The Morgan fingerprint density at radius 2 is 1.86 bits per heavy atom. The molecule has 0 unspecified atom stereocenters. The average Bonchev–Trinajstić information content (AvgIpc) is 2.83. The van der Waals surface area contributed by atoms with E-state index in [1.165, 1.54) is 11.8 Å². The number of nitrogens with zero attached hydrogens (tertiary/aromatic N) is 3. The molecule has 9 heteroatoms. The Labute approximate surface area is 218 Å². The molecule has 182 valence electrons. The number of allylic oxidation sites excluding steroid dienone is 1. The summed E-state index contributed by atoms with van der Waals surface area (Å²) in [6, 6.07) is 16.1. The monoisotopic (exact) mass is 520 g/mol. The molecule has 3 aromatic rings. The number of nitrogens with one attached hydrogen (secondary N) is 1. The van der Waals surface area contributed by atoms with E-state index in [0.717, 1.165) is 16.1 Å². The van der Waals surface area contributed by atoms with Gasteiger partial charge in [-0.15, -0.1) is 0 Å². The van der Waals surface area contributed by atoms with Crippen molar-refractivity contribution in [3.8, 4) is 11.5 Å². The Bertz CT molecular complexity index is 1410. The van der Waals surface area contributed by atoms with Gasteiger partial charge in [0.1, 0.15) is 5.75 Å². The minimum Gasteiger partial charge on any atom is -0.454 e. The van der Waals surface area contributed by atoms with Crippen molar-refractivity contribution in [3.63, 3.8) is 0 Å². The molecular weight excluding hydrogens is 499 g/mol. The van der Waals surface area contributed by atoms with E-state index in [9.17, 15) is 9.59 Å². The van der Waals surface area contributed by atoms with E-state index in [2.05, 4.69) is 23.1 Å². The van der Waals surface area contributed by atoms with Crippen LogP contribution in [0.25, 0.3) is 0 Å². The van der Waals surface area contributed by atoms with Crippen LogP contribution in [0.1, 0.15) is 27.0 Å². The summed E-state index contributed by atoms with van der Waals surface area (Å²) >= 11 is 12.9. The number of anilines is 1. The van der Waals surface area contributed by atoms with E-state index in [1.807, 2.05) is 36.1 Å². The molecule has 0 radical (unpaired) electrons. The maximum absolute atomic E-state index is 13.1. The number of carbonyl (C=O) groups excluding carboxylic acids is 2. The third kappa shape index (κ3) is 4.80. The minimum atomic E-state index is -0.473. The average molecular weight is 521 g/mol. The van der Waals surface area contributed by atoms with Gasteiger partial charge in [-0.3, -0.25) is 4.79 Å². The molecule has 0 atom stereocenters. The second kappa shape index (κ2) is 9.68. The van der Waals surface area contributed by atoms with Gasteiger partial charge in [0.25, 0.3) is 5.91 Å². The molecule has 1 N–H and O–H groups in total. The van der Waals surface area contributed by atoms with Gasteiger partial charge in [-0.2, -0.15) is 10.1 Å². The number of hydrazone groups is 1. The molecule has 0 spiro atoms. The topological polar surface area (TPSA) is 74.2 Å². The smallest absolute Gasteiger partial charge is 0.347 e. The number of rotatable bonds is 5. The number of urea groups is 1. The third-order valence-corrected chi connectivity index (χ3v) is 6.50. The molecule has 0 saturated heterocycles. The van der Waals surface area contributed by atoms with Crippen molar-refractivity contribution in [3.05, 3.63) is 99.2 Å². The van der Waals surface area contributed by atoms with Crippen molar-refractivity contribution in [2.75, 3.05) is 11.6 Å². The van der Waals surface area contributed by atoms with Gasteiger partial charge < -0.3 is 15.0 Å². The van der Waals surface area contributed by atoms with Crippen LogP contribution in [0, 0.1) is 6.92 Å². The predicted molar refractivity (Wildman–Crippen MR) is 141 cm³/mol. The zero-order valence-corrected chi connectivity index (χ0v) is 20.9. The molecular formula is C27H22Cl2N4O3. The van der Waals surface area contributed by atoms with Gasteiger partial charge in [0.05, 0.1) is 27.6 Å². The van der Waals surface area contributed by atoms with E-state index in [4.69, 9.17) is 27.9 Å². The summed E-state index contributed by atoms with van der Waals surface area (Å²) in [6.45, 7) is 6.88. The Kier molecular flexibility index (Phi) is 6.43. The summed E-state index contributed by atoms with van der Waals surface area (Å²) in [5.41, 5.74) is 4.60. The summed E-state index contributed by atoms with van der Waals surface area (Å²) in [6.07, 6.45) is 2.13. The number of hydrogen-bond acceptors (Lipinski definition) is 4. The predicted octanol–water partition coefficient (Wildman–Crippen LogP) is 6.32. The molecule has 5 rings (SSSR count). The molecule has 0 aromatic heterocycles. The van der Waals surface area contributed by atoms with Crippen molar-refractivity contribution in [1.29, 1.82) is 0 Å². The van der Waals surface area contributed by atoms with Gasteiger partial charge in [-0.05, 0) is 54.8 Å². The van der Waals surface area contributed by atoms with E-state index in [0.29, 0.717) is 42.2 Å². The molecule has 0 fully saturated rings. The highest BCUT2D eigenvalue weighted by Crippen LogP contribution is 2.40. The number of hydrogen-bond donors (Lipinski definition) is 1. The van der Waals surface area contributed by atoms with Crippen LogP contribution in [0.4, 0.5) is 10.5 Å². The van der Waals surface area contributed by atoms with Crippen molar-refractivity contribution >= 4 is 47.0 Å². The van der Waals surface area contributed by atoms with Crippen LogP contribution in [-0.4, -0.2) is 29.6 Å². The lowest BCUT2D eigenvalue weighted by atomic mass is 9.98. The van der Waals surface area contributed by atoms with E-state index >= 15 is 0 Å². The summed E-state index contributed by atoms with van der Waals surface area (Å²) in [5, 5.41) is 8.17. The fraction of sp³-hybridized carbons (Fsp3) is 0.148. The van der Waals surface area contributed by atoms with Crippen molar-refractivity contribution in [2.24, 2.45) is 5.10 Å². The first-order valence-electron chi connectivity index (χ1n) is 11.3. The van der Waals surface area contributed by atoms with Gasteiger partial charge in [-0.25, -0.2) is 4.79 Å². The Hall–Kier alpha value is -3.81. The molecule has 2 aliphatic heterocycles. The van der Waals surface area contributed by atoms with Crippen LogP contribution in [0.2, 0.25) is 10.0 Å². The normalized spacial score (nSPS) is 15.1. The summed E-state index contributed by atoms with van der Waals surface area (Å²) in [7, 11) is 0. The summed E-state index contributed by atoms with van der Waals surface area (Å²) in [5.74, 6) is 0.749. The molecule has 0 bridgehead atoms. The first kappa shape index (κ1) is 23.9. The van der Waals surface area contributed by atoms with Gasteiger partial charge in [-0.1, -0.05) is 59.6 Å². The zero-order chi connectivity index (χ0) is 25.4. The molecule has 0 aliphatic carbocycles. The standard InChI is InChI=1S/C27H22Cl2N4O3/c1-16-4-3-5-18(10-16)15-32-9-8-19-11-21(6-7-22(19)26(32)34)36-25-23(28)12-20(13-24(25)29)33-27(35)31-17(2)14-30-33/h3-7,10-14H,2,8-9,15H2,1H3,(H,31,35). The zero-order valence-electron chi connectivity index (χ0n) is 19.4. The maximum Gasteiger partial charge on any atom is 0.347 e. The number of amides is 3. The Balaban J connectivity index is 1.34. The maximum atomic E-state index is 13.1. The lowest BCUT2D eigenvalue weighted by molar-refractivity contribution is 0.0727. The number of ether oxygens (including phenoxy) is 1. The number of benzene rings is 3. The van der Waals surface area contributed by atoms with Crippen LogP contribution in [-0.2, 0) is 13.0 Å². The van der Waals surface area contributed by atoms with Crippen LogP contribution in [0.5, 0.6) is 11.5 Å². The number of aryl methyl sites for hydroxylation is 1. The number of carbonyl (C=O) groups is 2. The minimum absolute atomic E-state index is 0.00670. The first-order valence-corrected chi connectivity index (χ1v) is 12.0. The molecule has 36 heavy (non-hydrogen) atoms. The van der Waals surface area contributed by atoms with Crippen molar-refractivity contribution in [1.82, 2.24) is 10.2 Å². The fourth-order valence-electron chi connectivity index (χ4n) is 4.23. The summed E-state index contributed by atoms with van der Waals surface area (Å²) in [4.78, 5) is 27.2. The molecule has 2 heterocycles. The summed E-state index contributed by atoms with van der Waals surface area (Å²) < 4.78 is 6.00. The highest BCUT2D eigenvalue weighted by atomic mass is 35.5. The van der Waals surface area contributed by atoms with Gasteiger partial charge in [0.2, 0.25) is 0 Å². The largest absolute Gasteiger partial charge is 0.454 e. The molecule has 3 aromatic carbocycles. The molecule has 7 nitrogen and oxygen atoms in total. The number of fused-ring (bicyclic) bond motifs is 1. The molecule has 2 aliphatic rings. The highest BCUT2D eigenvalue weighted by molar-refractivity contribution is 6.37. The van der Waals surface area contributed by atoms with Crippen LogP contribution >= 0.6 is 23.2 Å². The van der Waals surface area contributed by atoms with Crippen molar-refractivity contribution in [2.45, 2.75) is 19.9 Å². The highest BCUT2D eigenvalue weighted by Gasteiger charge is 2.26. The van der Waals surface area contributed by atoms with Gasteiger partial charge in [0.15, 0.2) is 5.75 Å². The lowest BCUT2D eigenvalue weighted by Gasteiger charge is -2.29. The quantitative estimate of drug-likeness (QED) is 0.427. The van der Waals surface area contributed by atoms with Gasteiger partial charge in [0, 0.05) is 18.7 Å². The van der Waals surface area contributed by atoms with Crippen LogP contribution < -0.4 is 15.1 Å². The van der Waals surface area contributed by atoms with E-state index < -0.39 is 6.03 Å². The number of halogens is 2. The lowest BCUT2D eigenvalue weighted by Crippen LogP contribution is -2.40. The second-order valence-corrected chi connectivity index (χ2v) is 9.45. The van der Waals surface area contributed by atoms with Crippen LogP contribution in [0.15, 0.2) is 72.0 Å². The molecule has 0 saturated carbocycles. The second-order valence-electron chi connectivity index (χ2n) is 8.64. The molecule has 3 amide bonds. The Morgan fingerprint density at radius 1 is 1.08 bits per heavy atom. The van der Waals surface area contributed by atoms with Crippen molar-refractivity contribution < 1.29 is 14.3 Å². The SMILES string of the molecule is C=C1C=NN(c2cc(Cl)c(Oc3ccc4c(c3)CCN(Cc3cccc(C)c3)C4=O)c(Cl)c2)C(=O)N1. The first-order chi connectivity index (χ1) is 17.3. The third-order valence-electron chi connectivity index (χ3n) is 5.94. The van der Waals surface area contributed by atoms with Crippen LogP contribution in [0.3, 0.4) is 0 Å². The van der Waals surface area contributed by atoms with E-state index in [-0.39, 0.29) is 21.7 Å². The fourth-order valence-corrected chi connectivity index (χ4v) is 4.78. The Morgan fingerprint density at radius 3 is 2.58 bits per heavy atom.